The number of hydrogen-bond acceptors (Lipinski definition) is 5. The van der Waals surface area contributed by atoms with Crippen molar-refractivity contribution in [2.24, 2.45) is 0 Å². The fourth-order valence-electron chi connectivity index (χ4n) is 2.10. The van der Waals surface area contributed by atoms with E-state index in [1.54, 1.807) is 19.1 Å². The highest BCUT2D eigenvalue weighted by Crippen LogP contribution is 2.24. The van der Waals surface area contributed by atoms with E-state index in [1.807, 2.05) is 0 Å². The molecular formula is C16H17NO6S. The number of nitrogens with one attached hydrogen (secondary N) is 1. The highest BCUT2D eigenvalue weighted by Gasteiger charge is 2.15. The number of carbonyl (C=O) groups excluding carboxylic acids is 1. The minimum atomic E-state index is -4.37. The van der Waals surface area contributed by atoms with Crippen molar-refractivity contribution in [2.75, 3.05) is 19.5 Å². The minimum Gasteiger partial charge on any atom is -0.497 e. The summed E-state index contributed by atoms with van der Waals surface area (Å²) in [4.78, 5) is 12.1. The Morgan fingerprint density at radius 1 is 1.04 bits per heavy atom. The molecular weight excluding hydrogens is 334 g/mol. The van der Waals surface area contributed by atoms with Crippen molar-refractivity contribution in [1.29, 1.82) is 0 Å². The van der Waals surface area contributed by atoms with Gasteiger partial charge in [-0.1, -0.05) is 6.07 Å². The second-order valence-corrected chi connectivity index (χ2v) is 6.40. The molecule has 0 aromatic heterocycles. The molecule has 0 spiro atoms. The lowest BCUT2D eigenvalue weighted by atomic mass is 10.1. The monoisotopic (exact) mass is 351 g/mol. The van der Waals surface area contributed by atoms with Crippen molar-refractivity contribution >= 4 is 21.7 Å². The third-order valence-corrected chi connectivity index (χ3v) is 4.33. The average molecular weight is 351 g/mol. The zero-order chi connectivity index (χ0) is 17.9. The second kappa shape index (κ2) is 6.90. The maximum absolute atomic E-state index is 12.4. The van der Waals surface area contributed by atoms with E-state index in [4.69, 9.17) is 9.47 Å². The fourth-order valence-corrected chi connectivity index (χ4v) is 2.85. The summed E-state index contributed by atoms with van der Waals surface area (Å²) in [5.74, 6) is 0.418. The molecule has 2 rings (SSSR count). The van der Waals surface area contributed by atoms with Crippen LogP contribution in [-0.2, 0) is 10.1 Å². The smallest absolute Gasteiger partial charge is 0.294 e. The van der Waals surface area contributed by atoms with Gasteiger partial charge in [0.15, 0.2) is 0 Å². The number of aryl methyl sites for hydroxylation is 1. The number of methoxy groups -OCH3 is 2. The topological polar surface area (TPSA) is 102 Å². The Labute approximate surface area is 140 Å². The Balaban J connectivity index is 2.34. The van der Waals surface area contributed by atoms with Crippen LogP contribution in [-0.4, -0.2) is 33.1 Å². The van der Waals surface area contributed by atoms with E-state index in [-0.39, 0.29) is 16.1 Å². The van der Waals surface area contributed by atoms with Crippen LogP contribution < -0.4 is 14.8 Å². The van der Waals surface area contributed by atoms with Crippen molar-refractivity contribution in [2.45, 2.75) is 11.8 Å². The molecule has 8 heteroatoms. The van der Waals surface area contributed by atoms with E-state index < -0.39 is 16.0 Å². The van der Waals surface area contributed by atoms with E-state index in [2.05, 4.69) is 5.32 Å². The zero-order valence-corrected chi connectivity index (χ0v) is 14.2. The van der Waals surface area contributed by atoms with Gasteiger partial charge in [-0.3, -0.25) is 9.35 Å². The molecule has 0 saturated carbocycles. The summed E-state index contributed by atoms with van der Waals surface area (Å²) in [5.41, 5.74) is 0.888. The van der Waals surface area contributed by atoms with Crippen molar-refractivity contribution in [3.63, 3.8) is 0 Å². The molecule has 2 aromatic carbocycles. The summed E-state index contributed by atoms with van der Waals surface area (Å²) in [6.45, 7) is 1.54. The van der Waals surface area contributed by atoms with Gasteiger partial charge < -0.3 is 14.8 Å². The highest BCUT2D eigenvalue weighted by molar-refractivity contribution is 7.85. The SMILES string of the molecule is COc1cc(OC)cc(C(=O)Nc2ccc(C)c(S(=O)(=O)O)c2)c1. The van der Waals surface area contributed by atoms with Gasteiger partial charge in [-0.15, -0.1) is 0 Å². The number of amides is 1. The molecule has 0 atom stereocenters. The Kier molecular flexibility index (Phi) is 5.10. The first kappa shape index (κ1) is 17.8. The van der Waals surface area contributed by atoms with Crippen LogP contribution in [0.1, 0.15) is 15.9 Å². The summed E-state index contributed by atoms with van der Waals surface area (Å²) < 4.78 is 42.1. The first-order chi connectivity index (χ1) is 11.2. The van der Waals surface area contributed by atoms with Gasteiger partial charge in [-0.2, -0.15) is 8.42 Å². The van der Waals surface area contributed by atoms with Crippen molar-refractivity contribution in [3.05, 3.63) is 47.5 Å². The number of benzene rings is 2. The Hall–Kier alpha value is -2.58. The van der Waals surface area contributed by atoms with Gasteiger partial charge in [0.25, 0.3) is 16.0 Å². The second-order valence-electron chi connectivity index (χ2n) is 5.01. The summed E-state index contributed by atoms with van der Waals surface area (Å²) in [6.07, 6.45) is 0. The Morgan fingerprint density at radius 2 is 1.62 bits per heavy atom. The van der Waals surface area contributed by atoms with Gasteiger partial charge in [0.05, 0.1) is 19.1 Å². The zero-order valence-electron chi connectivity index (χ0n) is 13.4. The van der Waals surface area contributed by atoms with Crippen LogP contribution in [0.4, 0.5) is 5.69 Å². The van der Waals surface area contributed by atoms with Crippen LogP contribution in [0.15, 0.2) is 41.3 Å². The lowest BCUT2D eigenvalue weighted by Gasteiger charge is -2.10. The average Bonchev–Trinajstić information content (AvgIpc) is 2.54. The Morgan fingerprint density at radius 3 is 2.12 bits per heavy atom. The third-order valence-electron chi connectivity index (χ3n) is 3.34. The molecule has 0 aliphatic carbocycles. The van der Waals surface area contributed by atoms with Gasteiger partial charge in [-0.05, 0) is 36.8 Å². The van der Waals surface area contributed by atoms with E-state index in [9.17, 15) is 17.8 Å². The molecule has 128 valence electrons. The molecule has 24 heavy (non-hydrogen) atoms. The molecule has 0 aliphatic rings. The predicted molar refractivity (Wildman–Crippen MR) is 88.5 cm³/mol. The van der Waals surface area contributed by atoms with E-state index in [0.29, 0.717) is 17.1 Å². The molecule has 0 bridgehead atoms. The molecule has 0 unspecified atom stereocenters. The first-order valence-corrected chi connectivity index (χ1v) is 8.31. The largest absolute Gasteiger partial charge is 0.497 e. The number of rotatable bonds is 5. The molecule has 2 N–H and O–H groups in total. The molecule has 0 heterocycles. The van der Waals surface area contributed by atoms with Crippen molar-refractivity contribution in [3.8, 4) is 11.5 Å². The maximum Gasteiger partial charge on any atom is 0.294 e. The Bertz CT molecular complexity index is 854. The van der Waals surface area contributed by atoms with E-state index in [1.165, 1.54) is 38.5 Å². The van der Waals surface area contributed by atoms with Crippen LogP contribution in [0.3, 0.4) is 0 Å². The van der Waals surface area contributed by atoms with E-state index >= 15 is 0 Å². The van der Waals surface area contributed by atoms with Crippen LogP contribution >= 0.6 is 0 Å². The van der Waals surface area contributed by atoms with Gasteiger partial charge in [-0.25, -0.2) is 0 Å². The summed E-state index contributed by atoms with van der Waals surface area (Å²) in [7, 11) is -1.43. The lowest BCUT2D eigenvalue weighted by molar-refractivity contribution is 0.102. The van der Waals surface area contributed by atoms with Gasteiger partial charge >= 0.3 is 0 Å². The van der Waals surface area contributed by atoms with Crippen LogP contribution in [0.25, 0.3) is 0 Å². The molecule has 2 aromatic rings. The number of anilines is 1. The van der Waals surface area contributed by atoms with Crippen LogP contribution in [0.2, 0.25) is 0 Å². The summed E-state index contributed by atoms with van der Waals surface area (Å²) in [5, 5.41) is 2.57. The van der Waals surface area contributed by atoms with Gasteiger partial charge in [0, 0.05) is 17.3 Å². The fraction of sp³-hybridized carbons (Fsp3) is 0.188. The standard InChI is InChI=1S/C16H17NO6S/c1-10-4-5-12(8-15(10)24(19,20)21)17-16(18)11-6-13(22-2)9-14(7-11)23-3/h4-9H,1-3H3,(H,17,18)(H,19,20,21). The first-order valence-electron chi connectivity index (χ1n) is 6.87. The molecule has 0 radical (unpaired) electrons. The molecule has 0 fully saturated rings. The molecule has 1 amide bonds. The number of hydrogen-bond donors (Lipinski definition) is 2. The van der Waals surface area contributed by atoms with Gasteiger partial charge in [0.2, 0.25) is 0 Å². The maximum atomic E-state index is 12.4. The summed E-state index contributed by atoms with van der Waals surface area (Å²) >= 11 is 0. The third kappa shape index (κ3) is 4.03. The minimum absolute atomic E-state index is 0.236. The lowest BCUT2D eigenvalue weighted by Crippen LogP contribution is -2.13. The molecule has 0 saturated heterocycles. The van der Waals surface area contributed by atoms with Crippen LogP contribution in [0, 0.1) is 6.92 Å². The predicted octanol–water partition coefficient (Wildman–Crippen LogP) is 2.51. The summed E-state index contributed by atoms with van der Waals surface area (Å²) in [6, 6.07) is 8.90. The molecule has 7 nitrogen and oxygen atoms in total. The number of ether oxygens (including phenoxy) is 2. The quantitative estimate of drug-likeness (QED) is 0.803. The van der Waals surface area contributed by atoms with Gasteiger partial charge in [0.1, 0.15) is 11.5 Å². The highest BCUT2D eigenvalue weighted by atomic mass is 32.2. The van der Waals surface area contributed by atoms with E-state index in [0.717, 1.165) is 0 Å². The van der Waals surface area contributed by atoms with Crippen molar-refractivity contribution < 1.29 is 27.2 Å². The number of carbonyl (C=O) groups is 1. The van der Waals surface area contributed by atoms with Crippen molar-refractivity contribution in [1.82, 2.24) is 0 Å². The van der Waals surface area contributed by atoms with Crippen LogP contribution in [0.5, 0.6) is 11.5 Å². The molecule has 0 aliphatic heterocycles. The normalized spacial score (nSPS) is 11.0.